The lowest BCUT2D eigenvalue weighted by Gasteiger charge is -2.16. The van der Waals surface area contributed by atoms with E-state index in [2.05, 4.69) is 5.32 Å². The molecule has 0 aliphatic carbocycles. The Bertz CT molecular complexity index is 654. The van der Waals surface area contributed by atoms with E-state index in [4.69, 9.17) is 9.47 Å². The van der Waals surface area contributed by atoms with Gasteiger partial charge in [-0.3, -0.25) is 4.79 Å². The summed E-state index contributed by atoms with van der Waals surface area (Å²) in [6, 6.07) is 5.34. The molecule has 1 aliphatic rings. The first-order valence-corrected chi connectivity index (χ1v) is 8.88. The first-order valence-electron chi connectivity index (χ1n) is 7.16. The molecule has 1 aliphatic heterocycles. The maximum absolute atomic E-state index is 12.0. The largest absolute Gasteiger partial charge is 0.454 e. The normalized spacial score (nSPS) is 14.9. The fraction of sp³-hybridized carbons (Fsp3) is 0.533. The van der Waals surface area contributed by atoms with Gasteiger partial charge < -0.3 is 14.8 Å². The lowest BCUT2D eigenvalue weighted by molar-refractivity contribution is -0.118. The van der Waals surface area contributed by atoms with Crippen LogP contribution >= 0.6 is 0 Å². The van der Waals surface area contributed by atoms with Crippen LogP contribution in [0.25, 0.3) is 0 Å². The number of rotatable bonds is 6. The van der Waals surface area contributed by atoms with E-state index in [-0.39, 0.29) is 19.3 Å². The van der Waals surface area contributed by atoms with Gasteiger partial charge in [0.2, 0.25) is 12.7 Å². The zero-order valence-electron chi connectivity index (χ0n) is 13.0. The fourth-order valence-electron chi connectivity index (χ4n) is 2.03. The molecule has 0 aromatic heterocycles. The SMILES string of the molecule is CC(C)[C@H](C)S(=O)(=O)CC(=O)NCc1ccc2c(c1)OCO2. The number of carbonyl (C=O) groups excluding carboxylic acids is 1. The summed E-state index contributed by atoms with van der Waals surface area (Å²) in [7, 11) is -3.43. The molecule has 122 valence electrons. The van der Waals surface area contributed by atoms with E-state index >= 15 is 0 Å². The number of hydrogen-bond donors (Lipinski definition) is 1. The van der Waals surface area contributed by atoms with Crippen LogP contribution in [-0.2, 0) is 21.2 Å². The van der Waals surface area contributed by atoms with Gasteiger partial charge in [0.15, 0.2) is 21.3 Å². The van der Waals surface area contributed by atoms with Crippen LogP contribution in [0.1, 0.15) is 26.3 Å². The molecule has 22 heavy (non-hydrogen) atoms. The molecule has 1 amide bonds. The highest BCUT2D eigenvalue weighted by Crippen LogP contribution is 2.32. The van der Waals surface area contributed by atoms with Crippen molar-refractivity contribution in [2.24, 2.45) is 5.92 Å². The first kappa shape index (κ1) is 16.6. The molecule has 0 saturated heterocycles. The minimum absolute atomic E-state index is 0.0216. The number of benzene rings is 1. The predicted molar refractivity (Wildman–Crippen MR) is 82.5 cm³/mol. The Morgan fingerprint density at radius 3 is 2.59 bits per heavy atom. The van der Waals surface area contributed by atoms with Crippen LogP contribution in [0.15, 0.2) is 18.2 Å². The van der Waals surface area contributed by atoms with Gasteiger partial charge in [-0.15, -0.1) is 0 Å². The van der Waals surface area contributed by atoms with Crippen LogP contribution in [0.2, 0.25) is 0 Å². The molecule has 0 unspecified atom stereocenters. The number of hydrogen-bond acceptors (Lipinski definition) is 5. The van der Waals surface area contributed by atoms with Crippen molar-refractivity contribution in [3.63, 3.8) is 0 Å². The van der Waals surface area contributed by atoms with E-state index in [9.17, 15) is 13.2 Å². The number of carbonyl (C=O) groups is 1. The molecule has 0 saturated carbocycles. The van der Waals surface area contributed by atoms with E-state index in [1.807, 2.05) is 13.8 Å². The van der Waals surface area contributed by atoms with Crippen LogP contribution in [-0.4, -0.2) is 32.1 Å². The Labute approximate surface area is 130 Å². The summed E-state index contributed by atoms with van der Waals surface area (Å²) in [5.41, 5.74) is 0.826. The van der Waals surface area contributed by atoms with Gasteiger partial charge in [-0.25, -0.2) is 8.42 Å². The van der Waals surface area contributed by atoms with Crippen LogP contribution < -0.4 is 14.8 Å². The van der Waals surface area contributed by atoms with E-state index < -0.39 is 26.7 Å². The highest BCUT2D eigenvalue weighted by Gasteiger charge is 2.26. The van der Waals surface area contributed by atoms with Gasteiger partial charge in [-0.1, -0.05) is 19.9 Å². The third-order valence-corrected chi connectivity index (χ3v) is 6.11. The summed E-state index contributed by atoms with van der Waals surface area (Å²) in [6.45, 7) is 5.72. The topological polar surface area (TPSA) is 81.7 Å². The van der Waals surface area contributed by atoms with Gasteiger partial charge in [-0.2, -0.15) is 0 Å². The Morgan fingerprint density at radius 1 is 1.23 bits per heavy atom. The first-order chi connectivity index (χ1) is 10.3. The maximum Gasteiger partial charge on any atom is 0.235 e. The summed E-state index contributed by atoms with van der Waals surface area (Å²) in [5, 5.41) is 2.09. The van der Waals surface area contributed by atoms with Gasteiger partial charge in [0.1, 0.15) is 5.75 Å². The third kappa shape index (κ3) is 3.91. The molecule has 1 N–H and O–H groups in total. The molecular formula is C15H21NO5S. The number of amides is 1. The molecule has 0 fully saturated rings. The molecule has 1 heterocycles. The van der Waals surface area contributed by atoms with Crippen LogP contribution in [0.4, 0.5) is 0 Å². The predicted octanol–water partition coefficient (Wildman–Crippen LogP) is 1.49. The van der Waals surface area contributed by atoms with Crippen molar-refractivity contribution in [1.82, 2.24) is 5.32 Å². The summed E-state index contributed by atoms with van der Waals surface area (Å²) >= 11 is 0. The standard InChI is InChI=1S/C15H21NO5S/c1-10(2)11(3)22(18,19)8-15(17)16-7-12-4-5-13-14(6-12)21-9-20-13/h4-6,10-11H,7-9H2,1-3H3,(H,16,17)/t11-/m0/s1. The van der Waals surface area contributed by atoms with Crippen LogP contribution in [0, 0.1) is 5.92 Å². The molecule has 6 nitrogen and oxygen atoms in total. The van der Waals surface area contributed by atoms with Gasteiger partial charge in [-0.05, 0) is 30.5 Å². The minimum atomic E-state index is -3.43. The summed E-state index contributed by atoms with van der Waals surface area (Å²) in [5.74, 6) is 0.296. The van der Waals surface area contributed by atoms with Crippen molar-refractivity contribution in [3.05, 3.63) is 23.8 Å². The number of sulfone groups is 1. The summed E-state index contributed by atoms with van der Waals surface area (Å²) in [4.78, 5) is 11.8. The Hall–Kier alpha value is -1.76. The van der Waals surface area contributed by atoms with Crippen molar-refractivity contribution in [3.8, 4) is 11.5 Å². The van der Waals surface area contributed by atoms with Crippen LogP contribution in [0.5, 0.6) is 11.5 Å². The molecule has 7 heteroatoms. The lowest BCUT2D eigenvalue weighted by Crippen LogP contribution is -2.35. The van der Waals surface area contributed by atoms with E-state index in [1.54, 1.807) is 25.1 Å². The zero-order chi connectivity index (χ0) is 16.3. The molecular weight excluding hydrogens is 306 g/mol. The lowest BCUT2D eigenvalue weighted by atomic mass is 10.2. The zero-order valence-corrected chi connectivity index (χ0v) is 13.8. The quantitative estimate of drug-likeness (QED) is 0.856. The Balaban J connectivity index is 1.90. The van der Waals surface area contributed by atoms with Crippen molar-refractivity contribution in [2.45, 2.75) is 32.6 Å². The molecule has 0 bridgehead atoms. The minimum Gasteiger partial charge on any atom is -0.454 e. The van der Waals surface area contributed by atoms with Gasteiger partial charge in [0.05, 0.1) is 5.25 Å². The Kier molecular flexibility index (Phi) is 4.95. The highest BCUT2D eigenvalue weighted by atomic mass is 32.2. The van der Waals surface area contributed by atoms with Gasteiger partial charge in [0, 0.05) is 6.54 Å². The number of nitrogens with one attached hydrogen (secondary N) is 1. The van der Waals surface area contributed by atoms with Crippen molar-refractivity contribution in [1.29, 1.82) is 0 Å². The van der Waals surface area contributed by atoms with E-state index in [0.29, 0.717) is 11.5 Å². The smallest absolute Gasteiger partial charge is 0.235 e. The molecule has 1 aromatic carbocycles. The average Bonchev–Trinajstić information content (AvgIpc) is 2.91. The second kappa shape index (κ2) is 6.56. The third-order valence-electron chi connectivity index (χ3n) is 3.76. The van der Waals surface area contributed by atoms with E-state index in [1.165, 1.54) is 0 Å². The van der Waals surface area contributed by atoms with Crippen molar-refractivity contribution in [2.75, 3.05) is 12.5 Å². The number of ether oxygens (including phenoxy) is 2. The highest BCUT2D eigenvalue weighted by molar-refractivity contribution is 7.92. The molecule has 0 spiro atoms. The fourth-order valence-corrected chi connectivity index (χ4v) is 3.59. The molecule has 1 aromatic rings. The van der Waals surface area contributed by atoms with E-state index in [0.717, 1.165) is 5.56 Å². The second-order valence-electron chi connectivity index (χ2n) is 5.72. The molecule has 0 radical (unpaired) electrons. The molecule has 1 atom stereocenters. The van der Waals surface area contributed by atoms with Gasteiger partial charge in [0.25, 0.3) is 0 Å². The van der Waals surface area contributed by atoms with Gasteiger partial charge >= 0.3 is 0 Å². The Morgan fingerprint density at radius 2 is 1.91 bits per heavy atom. The molecule has 2 rings (SSSR count). The van der Waals surface area contributed by atoms with Crippen molar-refractivity contribution >= 4 is 15.7 Å². The second-order valence-corrected chi connectivity index (χ2v) is 8.08. The average molecular weight is 327 g/mol. The summed E-state index contributed by atoms with van der Waals surface area (Å²) < 4.78 is 34.6. The monoisotopic (exact) mass is 327 g/mol. The maximum atomic E-state index is 12.0. The number of fused-ring (bicyclic) bond motifs is 1. The van der Waals surface area contributed by atoms with Crippen LogP contribution in [0.3, 0.4) is 0 Å². The summed E-state index contributed by atoms with van der Waals surface area (Å²) in [6.07, 6.45) is 0. The van der Waals surface area contributed by atoms with Crippen molar-refractivity contribution < 1.29 is 22.7 Å².